The van der Waals surface area contributed by atoms with Gasteiger partial charge in [-0.25, -0.2) is 14.8 Å². The van der Waals surface area contributed by atoms with Crippen molar-refractivity contribution in [2.24, 2.45) is 0 Å². The third-order valence-electron chi connectivity index (χ3n) is 1.61. The molecule has 0 radical (unpaired) electrons. The molecule has 0 amide bonds. The van der Waals surface area contributed by atoms with Gasteiger partial charge in [-0.15, -0.1) is 0 Å². The summed E-state index contributed by atoms with van der Waals surface area (Å²) in [5.74, 6) is -0.489. The lowest BCUT2D eigenvalue weighted by molar-refractivity contribution is 0.0519. The van der Waals surface area contributed by atoms with E-state index in [0.29, 0.717) is 5.16 Å². The van der Waals surface area contributed by atoms with E-state index in [-0.39, 0.29) is 23.8 Å². The third kappa shape index (κ3) is 2.50. The summed E-state index contributed by atoms with van der Waals surface area (Å²) in [5, 5.41) is 0.393. The van der Waals surface area contributed by atoms with E-state index in [9.17, 15) is 4.79 Å². The number of hydrogen-bond donors (Lipinski definition) is 2. The van der Waals surface area contributed by atoms with E-state index in [1.54, 1.807) is 13.2 Å². The molecule has 0 aliphatic heterocycles. The van der Waals surface area contributed by atoms with Crippen molar-refractivity contribution in [3.8, 4) is 0 Å². The predicted octanol–water partition coefficient (Wildman–Crippen LogP) is 0.540. The lowest BCUT2D eigenvalue weighted by Gasteiger charge is -2.07. The number of hydrogen-bond acceptors (Lipinski definition) is 7. The largest absolute Gasteiger partial charge is 0.461 e. The van der Waals surface area contributed by atoms with Gasteiger partial charge in [0.05, 0.1) is 6.61 Å². The summed E-state index contributed by atoms with van der Waals surface area (Å²) in [7, 11) is 0. The van der Waals surface area contributed by atoms with Crippen LogP contribution in [0.3, 0.4) is 0 Å². The highest BCUT2D eigenvalue weighted by atomic mass is 32.2. The van der Waals surface area contributed by atoms with Crippen molar-refractivity contribution in [2.45, 2.75) is 12.1 Å². The van der Waals surface area contributed by atoms with E-state index in [1.165, 1.54) is 11.8 Å². The zero-order chi connectivity index (χ0) is 11.4. The molecular formula is C8H12N4O2S. The fourth-order valence-corrected chi connectivity index (χ4v) is 1.28. The molecular weight excluding hydrogens is 216 g/mol. The number of carbonyl (C=O) groups is 1. The van der Waals surface area contributed by atoms with E-state index in [4.69, 9.17) is 16.2 Å². The molecule has 0 saturated carbocycles. The maximum absolute atomic E-state index is 11.4. The van der Waals surface area contributed by atoms with Crippen LogP contribution in [0.25, 0.3) is 0 Å². The zero-order valence-corrected chi connectivity index (χ0v) is 9.30. The summed E-state index contributed by atoms with van der Waals surface area (Å²) in [6, 6.07) is 0. The molecule has 4 N–H and O–H groups in total. The zero-order valence-electron chi connectivity index (χ0n) is 8.48. The molecule has 0 saturated heterocycles. The van der Waals surface area contributed by atoms with Gasteiger partial charge in [0, 0.05) is 0 Å². The average molecular weight is 228 g/mol. The molecule has 15 heavy (non-hydrogen) atoms. The van der Waals surface area contributed by atoms with Crippen molar-refractivity contribution in [3.63, 3.8) is 0 Å². The van der Waals surface area contributed by atoms with E-state index >= 15 is 0 Å². The first-order valence-electron chi connectivity index (χ1n) is 4.24. The smallest absolute Gasteiger partial charge is 0.359 e. The summed E-state index contributed by atoms with van der Waals surface area (Å²) in [4.78, 5) is 19.3. The van der Waals surface area contributed by atoms with Crippen molar-refractivity contribution in [1.29, 1.82) is 0 Å². The molecule has 0 spiro atoms. The third-order valence-corrected chi connectivity index (χ3v) is 2.15. The molecule has 1 rings (SSSR count). The van der Waals surface area contributed by atoms with Crippen LogP contribution in [-0.2, 0) is 4.74 Å². The van der Waals surface area contributed by atoms with Crippen LogP contribution in [0.2, 0.25) is 0 Å². The quantitative estimate of drug-likeness (QED) is 0.442. The first-order valence-corrected chi connectivity index (χ1v) is 5.46. The molecule has 82 valence electrons. The molecule has 0 aromatic carbocycles. The van der Waals surface area contributed by atoms with Gasteiger partial charge in [0.25, 0.3) is 0 Å². The average Bonchev–Trinajstić information content (AvgIpc) is 2.22. The molecule has 0 bridgehead atoms. The predicted molar refractivity (Wildman–Crippen MR) is 58.6 cm³/mol. The Balaban J connectivity index is 3.15. The van der Waals surface area contributed by atoms with Crippen molar-refractivity contribution in [3.05, 3.63) is 5.69 Å². The topological polar surface area (TPSA) is 104 Å². The maximum atomic E-state index is 11.4. The SMILES string of the molecule is CCOC(=O)c1nc(SC)nc(N)c1N. The molecule has 0 fully saturated rings. The first-order chi connectivity index (χ1) is 7.10. The van der Waals surface area contributed by atoms with E-state index in [2.05, 4.69) is 9.97 Å². The standard InChI is InChI=1S/C8H12N4O2S/c1-3-14-7(13)5-4(9)6(10)12-8(11-5)15-2/h3,9H2,1-2H3,(H2,10,11,12). The molecule has 1 aromatic rings. The number of rotatable bonds is 3. The highest BCUT2D eigenvalue weighted by Gasteiger charge is 2.17. The molecule has 0 aliphatic rings. The van der Waals surface area contributed by atoms with E-state index < -0.39 is 5.97 Å². The molecule has 0 atom stereocenters. The Morgan fingerprint density at radius 3 is 2.67 bits per heavy atom. The molecule has 6 nitrogen and oxygen atoms in total. The Morgan fingerprint density at radius 1 is 1.47 bits per heavy atom. The Hall–Kier alpha value is -1.50. The summed E-state index contributed by atoms with van der Waals surface area (Å²) in [6.45, 7) is 1.96. The number of thioether (sulfide) groups is 1. The summed E-state index contributed by atoms with van der Waals surface area (Å²) >= 11 is 1.28. The number of esters is 1. The van der Waals surface area contributed by atoms with Crippen LogP contribution in [0.15, 0.2) is 5.16 Å². The van der Waals surface area contributed by atoms with Crippen LogP contribution >= 0.6 is 11.8 Å². The van der Waals surface area contributed by atoms with Crippen molar-refractivity contribution < 1.29 is 9.53 Å². The number of nitrogens with two attached hydrogens (primary N) is 2. The van der Waals surface area contributed by atoms with Gasteiger partial charge in [-0.1, -0.05) is 11.8 Å². The fraction of sp³-hybridized carbons (Fsp3) is 0.375. The Kier molecular flexibility index (Phi) is 3.73. The van der Waals surface area contributed by atoms with Crippen LogP contribution in [0.4, 0.5) is 11.5 Å². The normalized spacial score (nSPS) is 10.0. The number of nitrogens with zero attached hydrogens (tertiary/aromatic N) is 2. The number of aromatic nitrogens is 2. The van der Waals surface area contributed by atoms with Gasteiger partial charge in [0.15, 0.2) is 16.7 Å². The van der Waals surface area contributed by atoms with Crippen LogP contribution < -0.4 is 11.5 Å². The van der Waals surface area contributed by atoms with Crippen LogP contribution in [0.1, 0.15) is 17.4 Å². The second kappa shape index (κ2) is 4.83. The molecule has 1 heterocycles. The highest BCUT2D eigenvalue weighted by Crippen LogP contribution is 2.20. The van der Waals surface area contributed by atoms with Gasteiger partial charge in [-0.2, -0.15) is 0 Å². The molecule has 7 heteroatoms. The van der Waals surface area contributed by atoms with Gasteiger partial charge in [-0.3, -0.25) is 0 Å². The molecule has 0 aliphatic carbocycles. The minimum atomic E-state index is -0.584. The summed E-state index contributed by atoms with van der Waals surface area (Å²) < 4.78 is 4.79. The highest BCUT2D eigenvalue weighted by molar-refractivity contribution is 7.98. The van der Waals surface area contributed by atoms with E-state index in [0.717, 1.165) is 0 Å². The molecule has 0 unspecified atom stereocenters. The van der Waals surface area contributed by atoms with Crippen molar-refractivity contribution >= 4 is 29.2 Å². The monoisotopic (exact) mass is 228 g/mol. The Morgan fingerprint density at radius 2 is 2.13 bits per heavy atom. The first kappa shape index (κ1) is 11.6. The van der Waals surface area contributed by atoms with Crippen LogP contribution in [0, 0.1) is 0 Å². The Labute approximate surface area is 91.4 Å². The van der Waals surface area contributed by atoms with Crippen LogP contribution in [-0.4, -0.2) is 28.8 Å². The lowest BCUT2D eigenvalue weighted by atomic mass is 10.3. The number of nitrogen functional groups attached to an aromatic ring is 2. The van der Waals surface area contributed by atoms with Gasteiger partial charge >= 0.3 is 5.97 Å². The summed E-state index contributed by atoms with van der Waals surface area (Å²) in [6.07, 6.45) is 1.78. The van der Waals surface area contributed by atoms with Crippen molar-refractivity contribution in [2.75, 3.05) is 24.3 Å². The fourth-order valence-electron chi connectivity index (χ4n) is 0.912. The number of anilines is 2. The lowest BCUT2D eigenvalue weighted by Crippen LogP contribution is -2.14. The number of ether oxygens (including phenoxy) is 1. The maximum Gasteiger partial charge on any atom is 0.359 e. The second-order valence-corrected chi connectivity index (χ2v) is 3.35. The summed E-state index contributed by atoms with van der Waals surface area (Å²) in [5.41, 5.74) is 11.2. The van der Waals surface area contributed by atoms with Crippen LogP contribution in [0.5, 0.6) is 0 Å². The minimum Gasteiger partial charge on any atom is -0.461 e. The minimum absolute atomic E-state index is 0.0219. The van der Waals surface area contributed by atoms with Gasteiger partial charge in [0.2, 0.25) is 0 Å². The molecule has 1 aromatic heterocycles. The van der Waals surface area contributed by atoms with Gasteiger partial charge < -0.3 is 16.2 Å². The van der Waals surface area contributed by atoms with Gasteiger partial charge in [0.1, 0.15) is 5.69 Å². The second-order valence-electron chi connectivity index (χ2n) is 2.58. The van der Waals surface area contributed by atoms with Gasteiger partial charge in [-0.05, 0) is 13.2 Å². The number of carbonyl (C=O) groups excluding carboxylic acids is 1. The Bertz CT molecular complexity index is 383. The van der Waals surface area contributed by atoms with Crippen molar-refractivity contribution in [1.82, 2.24) is 9.97 Å². The van der Waals surface area contributed by atoms with E-state index in [1.807, 2.05) is 0 Å².